The first kappa shape index (κ1) is 13.4. The Morgan fingerprint density at radius 1 is 1.11 bits per heavy atom. The normalized spacial score (nSPS) is 10.7. The zero-order valence-corrected chi connectivity index (χ0v) is 11.9. The molecule has 0 fully saturated rings. The van der Waals surface area contributed by atoms with E-state index in [1.165, 1.54) is 9.75 Å². The number of hydrogen-bond donors (Lipinski definition) is 1. The molecular weight excluding hydrogens is 258 g/mol. The monoisotopic (exact) mass is 275 g/mol. The molecule has 2 aromatic rings. The number of terminal acetylenes is 1. The summed E-state index contributed by atoms with van der Waals surface area (Å²) in [6, 6.07) is 8.96. The van der Waals surface area contributed by atoms with Crippen LogP contribution in [0.3, 0.4) is 0 Å². The Morgan fingerprint density at radius 2 is 1.78 bits per heavy atom. The van der Waals surface area contributed by atoms with E-state index >= 15 is 0 Å². The molecule has 1 nitrogen and oxygen atoms in total. The highest BCUT2D eigenvalue weighted by atomic mass is 32.1. The highest BCUT2D eigenvalue weighted by Gasteiger charge is 2.14. The molecule has 0 spiro atoms. The maximum atomic E-state index is 5.26. The average molecular weight is 275 g/mol. The lowest BCUT2D eigenvalue weighted by Crippen LogP contribution is -2.21. The number of rotatable bonds is 7. The van der Waals surface area contributed by atoms with E-state index in [4.69, 9.17) is 6.42 Å². The van der Waals surface area contributed by atoms with Gasteiger partial charge in [-0.1, -0.05) is 12.1 Å². The van der Waals surface area contributed by atoms with E-state index in [-0.39, 0.29) is 0 Å². The molecule has 18 heavy (non-hydrogen) atoms. The molecule has 0 saturated carbocycles. The second kappa shape index (κ2) is 7.38. The van der Waals surface area contributed by atoms with Gasteiger partial charge in [-0.25, -0.2) is 0 Å². The van der Waals surface area contributed by atoms with E-state index in [1.807, 2.05) is 22.7 Å². The lowest BCUT2D eigenvalue weighted by Gasteiger charge is -2.15. The van der Waals surface area contributed by atoms with Crippen molar-refractivity contribution in [3.8, 4) is 12.3 Å². The number of nitrogens with one attached hydrogen (secondary N) is 1. The first-order valence-corrected chi connectivity index (χ1v) is 7.91. The summed E-state index contributed by atoms with van der Waals surface area (Å²) in [6.45, 7) is 1.02. The fraction of sp³-hybridized carbons (Fsp3) is 0.333. The summed E-state index contributed by atoms with van der Waals surface area (Å²) in [7, 11) is 0. The van der Waals surface area contributed by atoms with Crippen molar-refractivity contribution in [1.82, 2.24) is 5.32 Å². The van der Waals surface area contributed by atoms with Crippen LogP contribution in [-0.2, 0) is 0 Å². The Balaban J connectivity index is 1.93. The van der Waals surface area contributed by atoms with Crippen LogP contribution in [0.2, 0.25) is 0 Å². The van der Waals surface area contributed by atoms with E-state index < -0.39 is 0 Å². The Labute approximate surface area is 117 Å². The van der Waals surface area contributed by atoms with Gasteiger partial charge in [0.05, 0.1) is 6.04 Å². The van der Waals surface area contributed by atoms with E-state index in [0.717, 1.165) is 25.8 Å². The van der Waals surface area contributed by atoms with Crippen LogP contribution < -0.4 is 5.32 Å². The number of thiophene rings is 2. The van der Waals surface area contributed by atoms with Gasteiger partial charge in [-0.05, 0) is 42.3 Å². The second-order valence-electron chi connectivity index (χ2n) is 4.08. The number of hydrogen-bond acceptors (Lipinski definition) is 3. The van der Waals surface area contributed by atoms with Crippen molar-refractivity contribution in [3.63, 3.8) is 0 Å². The first-order chi connectivity index (χ1) is 8.92. The lowest BCUT2D eigenvalue weighted by atomic mass is 10.2. The Kier molecular flexibility index (Phi) is 5.47. The summed E-state index contributed by atoms with van der Waals surface area (Å²) in [4.78, 5) is 2.77. The van der Waals surface area contributed by atoms with Crippen LogP contribution in [0.5, 0.6) is 0 Å². The van der Waals surface area contributed by atoms with Crippen LogP contribution in [0.15, 0.2) is 35.0 Å². The molecule has 0 bridgehead atoms. The molecule has 0 aliphatic heterocycles. The predicted octanol–water partition coefficient (Wildman–Crippen LogP) is 4.29. The maximum Gasteiger partial charge on any atom is 0.0764 e. The van der Waals surface area contributed by atoms with Gasteiger partial charge in [0.25, 0.3) is 0 Å². The van der Waals surface area contributed by atoms with Crippen molar-refractivity contribution in [2.45, 2.75) is 25.3 Å². The van der Waals surface area contributed by atoms with Crippen molar-refractivity contribution in [2.24, 2.45) is 0 Å². The van der Waals surface area contributed by atoms with Gasteiger partial charge in [0.1, 0.15) is 0 Å². The molecule has 0 atom stereocenters. The highest BCUT2D eigenvalue weighted by molar-refractivity contribution is 7.11. The molecule has 0 radical (unpaired) electrons. The summed E-state index contributed by atoms with van der Waals surface area (Å²) in [5.74, 6) is 2.69. The van der Waals surface area contributed by atoms with Crippen LogP contribution in [0.4, 0.5) is 0 Å². The molecule has 0 amide bonds. The minimum absolute atomic E-state index is 0.343. The third kappa shape index (κ3) is 3.71. The van der Waals surface area contributed by atoms with Crippen molar-refractivity contribution in [2.75, 3.05) is 6.54 Å². The lowest BCUT2D eigenvalue weighted by molar-refractivity contribution is 0.583. The third-order valence-electron chi connectivity index (χ3n) is 2.75. The summed E-state index contributed by atoms with van der Waals surface area (Å²) in [6.07, 6.45) is 8.38. The zero-order valence-electron chi connectivity index (χ0n) is 10.3. The van der Waals surface area contributed by atoms with Gasteiger partial charge in [0.2, 0.25) is 0 Å². The molecule has 2 heterocycles. The van der Waals surface area contributed by atoms with Gasteiger partial charge in [0, 0.05) is 16.2 Å². The fourth-order valence-corrected chi connectivity index (χ4v) is 3.56. The van der Waals surface area contributed by atoms with Gasteiger partial charge in [-0.2, -0.15) is 0 Å². The van der Waals surface area contributed by atoms with Crippen LogP contribution in [0.25, 0.3) is 0 Å². The molecule has 2 aromatic heterocycles. The summed E-state index contributed by atoms with van der Waals surface area (Å²) >= 11 is 3.62. The van der Waals surface area contributed by atoms with E-state index in [1.54, 1.807) is 0 Å². The average Bonchev–Trinajstić information content (AvgIpc) is 3.06. The van der Waals surface area contributed by atoms with Crippen molar-refractivity contribution in [1.29, 1.82) is 0 Å². The van der Waals surface area contributed by atoms with Crippen LogP contribution in [0, 0.1) is 12.3 Å². The number of unbranched alkanes of at least 4 members (excludes halogenated alkanes) is 2. The molecular formula is C15H17NS2. The molecule has 0 saturated heterocycles. The van der Waals surface area contributed by atoms with E-state index in [0.29, 0.717) is 6.04 Å². The highest BCUT2D eigenvalue weighted by Crippen LogP contribution is 2.28. The van der Waals surface area contributed by atoms with E-state index in [9.17, 15) is 0 Å². The summed E-state index contributed by atoms with van der Waals surface area (Å²) in [5.41, 5.74) is 0. The molecule has 2 rings (SSSR count). The van der Waals surface area contributed by atoms with Crippen LogP contribution in [-0.4, -0.2) is 6.54 Å². The second-order valence-corrected chi connectivity index (χ2v) is 6.04. The van der Waals surface area contributed by atoms with Gasteiger partial charge >= 0.3 is 0 Å². The SMILES string of the molecule is C#CCCCCNC(c1cccs1)c1cccs1. The van der Waals surface area contributed by atoms with Crippen LogP contribution >= 0.6 is 22.7 Å². The topological polar surface area (TPSA) is 12.0 Å². The predicted molar refractivity (Wildman–Crippen MR) is 81.2 cm³/mol. The summed E-state index contributed by atoms with van der Waals surface area (Å²) < 4.78 is 0. The molecule has 1 N–H and O–H groups in total. The molecule has 3 heteroatoms. The molecule has 0 aliphatic rings. The largest absolute Gasteiger partial charge is 0.305 e. The maximum absolute atomic E-state index is 5.26. The van der Waals surface area contributed by atoms with Crippen molar-refractivity contribution >= 4 is 22.7 Å². The third-order valence-corrected chi connectivity index (χ3v) is 4.63. The molecule has 94 valence electrons. The van der Waals surface area contributed by atoms with Crippen LogP contribution in [0.1, 0.15) is 35.1 Å². The molecule has 0 aromatic carbocycles. The standard InChI is InChI=1S/C15H17NS2/c1-2-3-4-5-10-16-15(13-8-6-11-17-13)14-9-7-12-18-14/h1,6-9,11-12,15-16H,3-5,10H2. The van der Waals surface area contributed by atoms with Gasteiger partial charge in [-0.3, -0.25) is 0 Å². The molecule has 0 unspecified atom stereocenters. The minimum atomic E-state index is 0.343. The quantitative estimate of drug-likeness (QED) is 0.587. The van der Waals surface area contributed by atoms with E-state index in [2.05, 4.69) is 46.3 Å². The zero-order chi connectivity index (χ0) is 12.6. The fourth-order valence-electron chi connectivity index (χ4n) is 1.85. The Bertz CT molecular complexity index is 431. The van der Waals surface area contributed by atoms with Crippen molar-refractivity contribution in [3.05, 3.63) is 44.8 Å². The van der Waals surface area contributed by atoms with Gasteiger partial charge in [-0.15, -0.1) is 35.0 Å². The minimum Gasteiger partial charge on any atom is -0.305 e. The van der Waals surface area contributed by atoms with Crippen molar-refractivity contribution < 1.29 is 0 Å². The molecule has 0 aliphatic carbocycles. The first-order valence-electron chi connectivity index (χ1n) is 6.15. The van der Waals surface area contributed by atoms with Gasteiger partial charge < -0.3 is 5.32 Å². The smallest absolute Gasteiger partial charge is 0.0764 e. The van der Waals surface area contributed by atoms with Gasteiger partial charge in [0.15, 0.2) is 0 Å². The Morgan fingerprint density at radius 3 is 2.28 bits per heavy atom. The summed E-state index contributed by atoms with van der Waals surface area (Å²) in [5, 5.41) is 7.91. The Hall–Kier alpha value is -1.08.